The number of carbonyl (C=O) groups excluding carboxylic acids is 2. The number of nitrogens with one attached hydrogen (secondary N) is 2. The van der Waals surface area contributed by atoms with E-state index >= 15 is 0 Å². The zero-order valence-electron chi connectivity index (χ0n) is 10.9. The smallest absolute Gasteiger partial charge is 0.313 e. The van der Waals surface area contributed by atoms with Crippen molar-refractivity contribution in [1.82, 2.24) is 5.32 Å². The first-order valence-corrected chi connectivity index (χ1v) is 5.57. The molecular weight excluding hydrogens is 250 g/mol. The molecule has 0 heterocycles. The third kappa shape index (κ3) is 4.38. The van der Waals surface area contributed by atoms with E-state index in [1.165, 1.54) is 24.3 Å². The number of rotatable bonds is 2. The molecule has 0 aliphatic heterocycles. The van der Waals surface area contributed by atoms with Crippen molar-refractivity contribution in [2.45, 2.75) is 26.3 Å². The highest BCUT2D eigenvalue weighted by Crippen LogP contribution is 2.22. The maximum atomic E-state index is 11.6. The van der Waals surface area contributed by atoms with Crippen molar-refractivity contribution in [2.24, 2.45) is 0 Å². The second kappa shape index (κ2) is 5.47. The summed E-state index contributed by atoms with van der Waals surface area (Å²) < 4.78 is 0. The van der Waals surface area contributed by atoms with Gasteiger partial charge in [0.25, 0.3) is 5.69 Å². The molecule has 0 aromatic heterocycles. The molecule has 1 aromatic carbocycles. The van der Waals surface area contributed by atoms with Crippen LogP contribution in [-0.4, -0.2) is 22.3 Å². The summed E-state index contributed by atoms with van der Waals surface area (Å²) in [4.78, 5) is 33.3. The molecule has 0 spiro atoms. The number of para-hydroxylation sites is 2. The summed E-state index contributed by atoms with van der Waals surface area (Å²) in [5, 5.41) is 15.4. The second-order valence-corrected chi connectivity index (χ2v) is 4.93. The lowest BCUT2D eigenvalue weighted by Gasteiger charge is -2.19. The molecule has 0 atom stereocenters. The van der Waals surface area contributed by atoms with Gasteiger partial charge in [-0.15, -0.1) is 0 Å². The van der Waals surface area contributed by atoms with Crippen LogP contribution in [-0.2, 0) is 9.59 Å². The van der Waals surface area contributed by atoms with Crippen molar-refractivity contribution in [3.63, 3.8) is 0 Å². The van der Waals surface area contributed by atoms with E-state index < -0.39 is 22.3 Å². The number of carbonyl (C=O) groups is 2. The summed E-state index contributed by atoms with van der Waals surface area (Å²) in [7, 11) is 0. The van der Waals surface area contributed by atoms with E-state index in [0.29, 0.717) is 0 Å². The van der Waals surface area contributed by atoms with Crippen LogP contribution in [0.1, 0.15) is 20.8 Å². The van der Waals surface area contributed by atoms with Crippen LogP contribution in [0.4, 0.5) is 11.4 Å². The molecule has 0 bridgehead atoms. The maximum Gasteiger partial charge on any atom is 0.313 e. The van der Waals surface area contributed by atoms with Crippen molar-refractivity contribution in [1.29, 1.82) is 0 Å². The molecule has 19 heavy (non-hydrogen) atoms. The monoisotopic (exact) mass is 265 g/mol. The van der Waals surface area contributed by atoms with Crippen LogP contribution in [0.5, 0.6) is 0 Å². The molecule has 0 unspecified atom stereocenters. The van der Waals surface area contributed by atoms with E-state index in [1.807, 2.05) is 0 Å². The highest BCUT2D eigenvalue weighted by molar-refractivity contribution is 6.40. The van der Waals surface area contributed by atoms with Gasteiger partial charge in [-0.3, -0.25) is 19.7 Å². The van der Waals surface area contributed by atoms with Gasteiger partial charge in [-0.05, 0) is 26.8 Å². The van der Waals surface area contributed by atoms with Gasteiger partial charge in [0.2, 0.25) is 0 Å². The van der Waals surface area contributed by atoms with Gasteiger partial charge in [0.1, 0.15) is 5.69 Å². The largest absolute Gasteiger partial charge is 0.343 e. The van der Waals surface area contributed by atoms with E-state index in [0.717, 1.165) is 0 Å². The average Bonchev–Trinajstić information content (AvgIpc) is 2.27. The summed E-state index contributed by atoms with van der Waals surface area (Å²) in [5.41, 5.74) is -0.835. The fraction of sp³-hybridized carbons (Fsp3) is 0.333. The predicted octanol–water partition coefficient (Wildman–Crippen LogP) is 1.45. The van der Waals surface area contributed by atoms with Gasteiger partial charge in [0.05, 0.1) is 4.92 Å². The van der Waals surface area contributed by atoms with Crippen molar-refractivity contribution >= 4 is 23.2 Å². The molecule has 102 valence electrons. The van der Waals surface area contributed by atoms with Crippen LogP contribution in [0.15, 0.2) is 24.3 Å². The van der Waals surface area contributed by atoms with Gasteiger partial charge in [0, 0.05) is 11.6 Å². The number of nitro benzene ring substituents is 1. The Morgan fingerprint density at radius 3 is 2.26 bits per heavy atom. The minimum absolute atomic E-state index is 0.0124. The van der Waals surface area contributed by atoms with Crippen LogP contribution >= 0.6 is 0 Å². The second-order valence-electron chi connectivity index (χ2n) is 4.93. The Morgan fingerprint density at radius 2 is 1.74 bits per heavy atom. The molecule has 0 saturated heterocycles. The normalized spacial score (nSPS) is 10.7. The van der Waals surface area contributed by atoms with Crippen molar-refractivity contribution in [3.8, 4) is 0 Å². The van der Waals surface area contributed by atoms with Crippen LogP contribution in [0, 0.1) is 10.1 Å². The topological polar surface area (TPSA) is 101 Å². The average molecular weight is 265 g/mol. The first kappa shape index (κ1) is 14.6. The Kier molecular flexibility index (Phi) is 4.21. The van der Waals surface area contributed by atoms with Crippen molar-refractivity contribution < 1.29 is 14.5 Å². The molecule has 0 fully saturated rings. The summed E-state index contributed by atoms with van der Waals surface area (Å²) in [6.45, 7) is 5.18. The molecule has 1 rings (SSSR count). The Morgan fingerprint density at radius 1 is 1.16 bits per heavy atom. The Balaban J connectivity index is 2.83. The highest BCUT2D eigenvalue weighted by Gasteiger charge is 2.22. The maximum absolute atomic E-state index is 11.6. The van der Waals surface area contributed by atoms with E-state index in [-0.39, 0.29) is 11.4 Å². The van der Waals surface area contributed by atoms with Gasteiger partial charge < -0.3 is 10.6 Å². The quantitative estimate of drug-likeness (QED) is 0.480. The Hall–Kier alpha value is -2.44. The van der Waals surface area contributed by atoms with E-state index in [9.17, 15) is 19.7 Å². The Bertz CT molecular complexity index is 520. The molecule has 0 saturated carbocycles. The lowest BCUT2D eigenvalue weighted by Crippen LogP contribution is -2.46. The van der Waals surface area contributed by atoms with E-state index in [4.69, 9.17) is 0 Å². The zero-order valence-corrected chi connectivity index (χ0v) is 10.9. The summed E-state index contributed by atoms with van der Waals surface area (Å²) in [5.74, 6) is -1.78. The van der Waals surface area contributed by atoms with Crippen LogP contribution in [0.2, 0.25) is 0 Å². The molecule has 0 radical (unpaired) electrons. The molecule has 7 nitrogen and oxygen atoms in total. The first-order valence-electron chi connectivity index (χ1n) is 5.57. The van der Waals surface area contributed by atoms with E-state index in [1.54, 1.807) is 20.8 Å². The van der Waals surface area contributed by atoms with Gasteiger partial charge in [-0.2, -0.15) is 0 Å². The molecule has 0 aliphatic rings. The van der Waals surface area contributed by atoms with Crippen molar-refractivity contribution in [3.05, 3.63) is 34.4 Å². The number of nitrogens with zero attached hydrogens (tertiary/aromatic N) is 1. The number of nitro groups is 1. The fourth-order valence-electron chi connectivity index (χ4n) is 1.31. The number of amides is 2. The van der Waals surface area contributed by atoms with Gasteiger partial charge in [-0.25, -0.2) is 0 Å². The lowest BCUT2D eigenvalue weighted by atomic mass is 10.1. The lowest BCUT2D eigenvalue weighted by molar-refractivity contribution is -0.383. The highest BCUT2D eigenvalue weighted by atomic mass is 16.6. The zero-order chi connectivity index (χ0) is 14.6. The molecule has 1 aromatic rings. The molecule has 2 N–H and O–H groups in total. The van der Waals surface area contributed by atoms with Crippen LogP contribution in [0.3, 0.4) is 0 Å². The number of benzene rings is 1. The minimum Gasteiger partial charge on any atom is -0.343 e. The van der Waals surface area contributed by atoms with Gasteiger partial charge in [0.15, 0.2) is 0 Å². The fourth-order valence-corrected chi connectivity index (χ4v) is 1.31. The number of anilines is 1. The minimum atomic E-state index is -0.941. The molecular formula is C12H15N3O4. The van der Waals surface area contributed by atoms with Crippen LogP contribution < -0.4 is 10.6 Å². The summed E-state index contributed by atoms with van der Waals surface area (Å²) in [6, 6.07) is 5.62. The standard InChI is InChI=1S/C12H15N3O4/c1-12(2,3)14-11(17)10(16)13-8-6-4-5-7-9(8)15(18)19/h4-7H,1-3H3,(H,13,16)(H,14,17). The summed E-state index contributed by atoms with van der Waals surface area (Å²) in [6.07, 6.45) is 0. The first-order chi connectivity index (χ1) is 8.70. The predicted molar refractivity (Wildman–Crippen MR) is 69.6 cm³/mol. The number of hydrogen-bond donors (Lipinski definition) is 2. The van der Waals surface area contributed by atoms with Crippen LogP contribution in [0.25, 0.3) is 0 Å². The SMILES string of the molecule is CC(C)(C)NC(=O)C(=O)Nc1ccccc1[N+](=O)[O-]. The number of hydrogen-bond acceptors (Lipinski definition) is 4. The molecule has 0 aliphatic carbocycles. The molecule has 2 amide bonds. The van der Waals surface area contributed by atoms with Crippen molar-refractivity contribution in [2.75, 3.05) is 5.32 Å². The Labute approximate surface area is 110 Å². The third-order valence-electron chi connectivity index (χ3n) is 2.04. The molecule has 7 heteroatoms. The van der Waals surface area contributed by atoms with E-state index in [2.05, 4.69) is 10.6 Å². The third-order valence-corrected chi connectivity index (χ3v) is 2.04. The van der Waals surface area contributed by atoms with Gasteiger partial charge >= 0.3 is 11.8 Å². The van der Waals surface area contributed by atoms with Gasteiger partial charge in [-0.1, -0.05) is 12.1 Å². The summed E-state index contributed by atoms with van der Waals surface area (Å²) >= 11 is 0.